The number of aliphatic hydroxyl groups is 1. The molecule has 33 heavy (non-hydrogen) atoms. The number of hydrogen-bond donors (Lipinski definition) is 1. The number of hydrogen-bond acceptors (Lipinski definition) is 5. The first-order chi connectivity index (χ1) is 16.0. The van der Waals surface area contributed by atoms with Crippen molar-refractivity contribution in [1.82, 2.24) is 24.2 Å². The van der Waals surface area contributed by atoms with Gasteiger partial charge in [-0.25, -0.2) is 4.98 Å². The first-order valence-electron chi connectivity index (χ1n) is 11.4. The van der Waals surface area contributed by atoms with Crippen LogP contribution in [0.3, 0.4) is 0 Å². The molecule has 1 saturated heterocycles. The number of likely N-dealkylation sites (tertiary alicyclic amines) is 1. The highest BCUT2D eigenvalue weighted by Crippen LogP contribution is 2.26. The molecule has 0 amide bonds. The molecule has 1 fully saturated rings. The maximum atomic E-state index is 12.8. The van der Waals surface area contributed by atoms with Gasteiger partial charge in [0.1, 0.15) is 11.7 Å². The molecule has 0 bridgehead atoms. The maximum Gasteiger partial charge on any atom is 0.264 e. The normalized spacial score (nSPS) is 16.3. The van der Waals surface area contributed by atoms with Crippen molar-refractivity contribution < 1.29 is 5.11 Å². The Labute approximate surface area is 192 Å². The van der Waals surface area contributed by atoms with E-state index >= 15 is 0 Å². The zero-order chi connectivity index (χ0) is 22.8. The zero-order valence-corrected chi connectivity index (χ0v) is 18.9. The van der Waals surface area contributed by atoms with Gasteiger partial charge in [-0.3, -0.25) is 18.9 Å². The van der Waals surface area contributed by atoms with Crippen LogP contribution in [-0.4, -0.2) is 48.0 Å². The third-order valence-electron chi connectivity index (χ3n) is 6.72. The molecule has 0 unspecified atom stereocenters. The molecule has 0 aliphatic carbocycles. The van der Waals surface area contributed by atoms with Crippen molar-refractivity contribution in [3.63, 3.8) is 0 Å². The van der Waals surface area contributed by atoms with Crippen LogP contribution in [0.15, 0.2) is 71.9 Å². The average Bonchev–Trinajstić information content (AvgIpc) is 3.21. The second-order valence-electron chi connectivity index (χ2n) is 9.11. The number of aromatic nitrogens is 4. The predicted octanol–water partition coefficient (Wildman–Crippen LogP) is 2.75. The zero-order valence-electron chi connectivity index (χ0n) is 18.9. The molecule has 2 aromatic heterocycles. The number of piperidine rings is 1. The van der Waals surface area contributed by atoms with Gasteiger partial charge in [-0.05, 0) is 36.0 Å². The van der Waals surface area contributed by atoms with Crippen molar-refractivity contribution in [1.29, 1.82) is 0 Å². The molecule has 170 valence electrons. The van der Waals surface area contributed by atoms with Gasteiger partial charge in [-0.15, -0.1) is 0 Å². The number of fused-ring (bicyclic) bond motifs is 1. The van der Waals surface area contributed by atoms with Gasteiger partial charge in [0.25, 0.3) is 5.56 Å². The van der Waals surface area contributed by atoms with E-state index in [1.807, 2.05) is 6.07 Å². The average molecular weight is 444 g/mol. The van der Waals surface area contributed by atoms with Crippen LogP contribution in [0.25, 0.3) is 11.0 Å². The molecule has 1 aliphatic rings. The van der Waals surface area contributed by atoms with Gasteiger partial charge in [-0.1, -0.05) is 54.6 Å². The molecule has 1 aliphatic heterocycles. The van der Waals surface area contributed by atoms with E-state index in [-0.39, 0.29) is 12.1 Å². The van der Waals surface area contributed by atoms with Crippen molar-refractivity contribution >= 4 is 11.0 Å². The highest BCUT2D eigenvalue weighted by Gasteiger charge is 2.33. The molecular formula is C26H29N5O2. The van der Waals surface area contributed by atoms with E-state index in [0.29, 0.717) is 23.9 Å². The van der Waals surface area contributed by atoms with E-state index in [1.54, 1.807) is 17.9 Å². The monoisotopic (exact) mass is 443 g/mol. The second kappa shape index (κ2) is 8.92. The molecular weight excluding hydrogens is 414 g/mol. The van der Waals surface area contributed by atoms with Gasteiger partial charge in [0, 0.05) is 26.7 Å². The summed E-state index contributed by atoms with van der Waals surface area (Å²) in [6.45, 7) is 2.69. The van der Waals surface area contributed by atoms with Crippen molar-refractivity contribution in [2.24, 2.45) is 7.05 Å². The summed E-state index contributed by atoms with van der Waals surface area (Å²) < 4.78 is 3.11. The minimum absolute atomic E-state index is 0.154. The van der Waals surface area contributed by atoms with E-state index in [2.05, 4.69) is 63.5 Å². The van der Waals surface area contributed by atoms with Gasteiger partial charge >= 0.3 is 0 Å². The molecule has 0 saturated carbocycles. The Hall–Kier alpha value is -3.29. The molecule has 4 aromatic rings. The molecule has 0 atom stereocenters. The Morgan fingerprint density at radius 2 is 1.70 bits per heavy atom. The van der Waals surface area contributed by atoms with Crippen molar-refractivity contribution in [3.05, 3.63) is 94.2 Å². The van der Waals surface area contributed by atoms with Gasteiger partial charge in [0.15, 0.2) is 5.65 Å². The first-order valence-corrected chi connectivity index (χ1v) is 11.4. The summed E-state index contributed by atoms with van der Waals surface area (Å²) in [7, 11) is 1.76. The van der Waals surface area contributed by atoms with E-state index in [4.69, 9.17) is 0 Å². The molecule has 1 N–H and O–H groups in total. The molecule has 7 heteroatoms. The smallest absolute Gasteiger partial charge is 0.264 e. The van der Waals surface area contributed by atoms with Crippen LogP contribution in [0, 0.1) is 0 Å². The van der Waals surface area contributed by atoms with Crippen LogP contribution >= 0.6 is 0 Å². The largest absolute Gasteiger partial charge is 0.388 e. The molecule has 0 radical (unpaired) electrons. The van der Waals surface area contributed by atoms with E-state index in [9.17, 15) is 9.90 Å². The Morgan fingerprint density at radius 3 is 2.45 bits per heavy atom. The lowest BCUT2D eigenvalue weighted by Gasteiger charge is -2.38. The van der Waals surface area contributed by atoms with Crippen LogP contribution in [0.5, 0.6) is 0 Å². The summed E-state index contributed by atoms with van der Waals surface area (Å²) in [5.74, 6) is 0. The summed E-state index contributed by atoms with van der Waals surface area (Å²) in [6, 6.07) is 19.1. The van der Waals surface area contributed by atoms with Crippen LogP contribution in [0.1, 0.15) is 29.5 Å². The van der Waals surface area contributed by atoms with Crippen LogP contribution in [-0.2, 0) is 26.6 Å². The Balaban J connectivity index is 1.24. The Morgan fingerprint density at radius 1 is 1.00 bits per heavy atom. The summed E-state index contributed by atoms with van der Waals surface area (Å²) in [6.07, 6.45) is 5.22. The fourth-order valence-electron chi connectivity index (χ4n) is 4.72. The lowest BCUT2D eigenvalue weighted by molar-refractivity contribution is -0.0365. The predicted molar refractivity (Wildman–Crippen MR) is 128 cm³/mol. The fraction of sp³-hybridized carbons (Fsp3) is 0.346. The number of benzene rings is 2. The number of rotatable bonds is 6. The molecule has 0 spiro atoms. The third kappa shape index (κ3) is 4.60. The molecule has 3 heterocycles. The summed E-state index contributed by atoms with van der Waals surface area (Å²) in [4.78, 5) is 19.5. The lowest BCUT2D eigenvalue weighted by atomic mass is 9.90. The highest BCUT2D eigenvalue weighted by atomic mass is 16.3. The fourth-order valence-corrected chi connectivity index (χ4v) is 4.72. The van der Waals surface area contributed by atoms with Gasteiger partial charge in [-0.2, -0.15) is 5.10 Å². The number of nitrogens with zero attached hydrogens (tertiary/aromatic N) is 5. The van der Waals surface area contributed by atoms with E-state index in [1.165, 1.54) is 27.6 Å². The lowest BCUT2D eigenvalue weighted by Crippen LogP contribution is -2.47. The molecule has 2 aromatic carbocycles. The first kappa shape index (κ1) is 21.6. The summed E-state index contributed by atoms with van der Waals surface area (Å²) in [5, 5.41) is 15.8. The SMILES string of the molecule is Cn1ncc2c(=O)n(CC3(O)CCN(Cc4ccccc4Cc4ccccc4)CC3)cnc21. The van der Waals surface area contributed by atoms with Gasteiger partial charge in [0.2, 0.25) is 0 Å². The van der Waals surface area contributed by atoms with Crippen LogP contribution in [0.4, 0.5) is 0 Å². The minimum atomic E-state index is -0.915. The summed E-state index contributed by atoms with van der Waals surface area (Å²) in [5.41, 5.74) is 3.47. The standard InChI is InChI=1S/C26H29N5O2/c1-29-24-23(16-28-29)25(32)31(19-27-24)18-26(33)11-13-30(14-12-26)17-22-10-6-5-9-21(22)15-20-7-3-2-4-8-20/h2-10,16,19,33H,11-15,17-18H2,1H3. The Kier molecular flexibility index (Phi) is 5.83. The van der Waals surface area contributed by atoms with Crippen molar-refractivity contribution in [3.8, 4) is 0 Å². The van der Waals surface area contributed by atoms with Crippen molar-refractivity contribution in [2.75, 3.05) is 13.1 Å². The third-order valence-corrected chi connectivity index (χ3v) is 6.72. The highest BCUT2D eigenvalue weighted by molar-refractivity contribution is 5.72. The molecule has 5 rings (SSSR count). The van der Waals surface area contributed by atoms with Crippen LogP contribution < -0.4 is 5.56 Å². The minimum Gasteiger partial charge on any atom is -0.388 e. The second-order valence-corrected chi connectivity index (χ2v) is 9.11. The van der Waals surface area contributed by atoms with Crippen LogP contribution in [0.2, 0.25) is 0 Å². The van der Waals surface area contributed by atoms with E-state index in [0.717, 1.165) is 26.1 Å². The quantitative estimate of drug-likeness (QED) is 0.496. The molecule has 7 nitrogen and oxygen atoms in total. The maximum absolute atomic E-state index is 12.8. The Bertz CT molecular complexity index is 1300. The van der Waals surface area contributed by atoms with Gasteiger partial charge < -0.3 is 5.11 Å². The number of aryl methyl sites for hydroxylation is 1. The topological polar surface area (TPSA) is 76.2 Å². The van der Waals surface area contributed by atoms with Crippen molar-refractivity contribution in [2.45, 2.75) is 38.0 Å². The summed E-state index contributed by atoms with van der Waals surface area (Å²) >= 11 is 0. The van der Waals surface area contributed by atoms with Gasteiger partial charge in [0.05, 0.1) is 18.3 Å². The van der Waals surface area contributed by atoms with E-state index < -0.39 is 5.60 Å².